The molecule has 0 aliphatic carbocycles. The van der Waals surface area contributed by atoms with E-state index < -0.39 is 0 Å². The monoisotopic (exact) mass is 315 g/mol. The van der Waals surface area contributed by atoms with E-state index in [1.165, 1.54) is 0 Å². The summed E-state index contributed by atoms with van der Waals surface area (Å²) in [6.07, 6.45) is 4.44. The Morgan fingerprint density at radius 1 is 1.35 bits per heavy atom. The topological polar surface area (TPSA) is 122 Å². The number of aromatic nitrogens is 2. The highest BCUT2D eigenvalue weighted by molar-refractivity contribution is 5.95. The van der Waals surface area contributed by atoms with Gasteiger partial charge in [-0.15, -0.1) is 4.91 Å². The van der Waals surface area contributed by atoms with Gasteiger partial charge < -0.3 is 20.9 Å². The maximum Gasteiger partial charge on any atom is 0.224 e. The lowest BCUT2D eigenvalue weighted by Crippen LogP contribution is -2.15. The molecule has 0 fully saturated rings. The summed E-state index contributed by atoms with van der Waals surface area (Å²) in [4.78, 5) is 34.5. The third kappa shape index (κ3) is 3.37. The number of nitrogens with one attached hydrogen (secondary N) is 2. The van der Waals surface area contributed by atoms with Gasteiger partial charge in [-0.3, -0.25) is 4.79 Å². The minimum absolute atomic E-state index is 0.101. The van der Waals surface area contributed by atoms with Crippen molar-refractivity contribution >= 4 is 11.6 Å². The maximum absolute atomic E-state index is 12.1. The van der Waals surface area contributed by atoms with Crippen LogP contribution in [0.2, 0.25) is 0 Å². The van der Waals surface area contributed by atoms with Gasteiger partial charge in [0.05, 0.1) is 23.6 Å². The van der Waals surface area contributed by atoms with Gasteiger partial charge in [-0.05, 0) is 25.0 Å². The molecule has 1 aromatic carbocycles. The van der Waals surface area contributed by atoms with Crippen molar-refractivity contribution in [3.63, 3.8) is 0 Å². The van der Waals surface area contributed by atoms with E-state index in [9.17, 15) is 9.70 Å². The average Bonchev–Trinajstić information content (AvgIpc) is 3.01. The van der Waals surface area contributed by atoms with Crippen LogP contribution in [-0.4, -0.2) is 15.9 Å². The first-order chi connectivity index (χ1) is 11.2. The fourth-order valence-electron chi connectivity index (χ4n) is 2.62. The van der Waals surface area contributed by atoms with E-state index in [4.69, 9.17) is 5.73 Å². The molecule has 1 amide bonds. The molecule has 0 saturated carbocycles. The number of hydrogen-bond acceptors (Lipinski definition) is 6. The number of H-pyrrole nitrogens is 1. The molecule has 1 atom stereocenters. The maximum atomic E-state index is 12.1. The van der Waals surface area contributed by atoms with Crippen molar-refractivity contribution in [3.05, 3.63) is 35.1 Å². The van der Waals surface area contributed by atoms with Gasteiger partial charge in [-0.2, -0.15) is 0 Å². The van der Waals surface area contributed by atoms with Crippen molar-refractivity contribution in [1.29, 1.82) is 0 Å². The van der Waals surface area contributed by atoms with E-state index in [-0.39, 0.29) is 17.7 Å². The number of nitrogens with two attached hydrogens (primary N) is 1. The summed E-state index contributed by atoms with van der Waals surface area (Å²) in [6.45, 7) is 0. The first kappa shape index (κ1) is 15.2. The quantitative estimate of drug-likeness (QED) is 0.580. The van der Waals surface area contributed by atoms with Crippen LogP contribution in [0.3, 0.4) is 0 Å². The Bertz CT molecular complexity index is 728. The molecule has 0 spiro atoms. The third-order valence-electron chi connectivity index (χ3n) is 3.81. The zero-order valence-corrected chi connectivity index (χ0v) is 12.4. The molecule has 0 radical (unpaired) electrons. The molecular weight excluding hydrogens is 298 g/mol. The second-order valence-corrected chi connectivity index (χ2v) is 5.46. The van der Waals surface area contributed by atoms with Gasteiger partial charge in [0.2, 0.25) is 5.91 Å². The second-order valence-electron chi connectivity index (χ2n) is 5.46. The molecule has 4 N–H and O–H groups in total. The minimum Gasteiger partial charge on any atom is -0.341 e. The van der Waals surface area contributed by atoms with Crippen molar-refractivity contribution in [2.24, 2.45) is 11.1 Å². The molecule has 0 saturated heterocycles. The van der Waals surface area contributed by atoms with Crippen LogP contribution in [-0.2, 0) is 4.79 Å². The number of imidazole rings is 1. The number of carbonyl (C=O) groups excluding carboxylic acids is 1. The number of rotatable bonds is 2. The second kappa shape index (κ2) is 6.57. The largest absolute Gasteiger partial charge is 0.341 e. The van der Waals surface area contributed by atoms with E-state index in [2.05, 4.69) is 25.5 Å². The molecule has 23 heavy (non-hydrogen) atoms. The number of hydrogen-bond donors (Lipinski definition) is 3. The predicted molar refractivity (Wildman–Crippen MR) is 84.5 cm³/mol. The molecule has 2 bridgehead atoms. The van der Waals surface area contributed by atoms with Gasteiger partial charge in [0.25, 0.3) is 0 Å². The fraction of sp³-hybridized carbons (Fsp3) is 0.333. The van der Waals surface area contributed by atoms with Crippen molar-refractivity contribution < 1.29 is 9.63 Å². The zero-order chi connectivity index (χ0) is 16.2. The number of nitrogens with zero attached hydrogens (tertiary/aromatic N) is 2. The first-order valence-corrected chi connectivity index (χ1v) is 7.42. The van der Waals surface area contributed by atoms with E-state index in [0.29, 0.717) is 17.9 Å². The fourth-order valence-corrected chi connectivity index (χ4v) is 2.62. The van der Waals surface area contributed by atoms with E-state index >= 15 is 0 Å². The Morgan fingerprint density at radius 3 is 3.04 bits per heavy atom. The van der Waals surface area contributed by atoms with Crippen molar-refractivity contribution in [1.82, 2.24) is 9.97 Å². The normalized spacial score (nSPS) is 18.1. The minimum atomic E-state index is -0.184. The number of benzene rings is 1. The molecular formula is C15H17N5O3. The third-order valence-corrected chi connectivity index (χ3v) is 3.81. The standard InChI is InChI=1S/C15H17N5O3/c16-11-3-1-2-4-14(21)18-12-7-9(23-20-22)5-6-10(12)13-8-17-15(11)19-13/h5-8,11H,1-4,16H2,(H,17,19)(H,18,21). The highest BCUT2D eigenvalue weighted by Gasteiger charge is 2.17. The Balaban J connectivity index is 2.05. The molecule has 1 aliphatic rings. The van der Waals surface area contributed by atoms with Gasteiger partial charge in [-0.25, -0.2) is 4.98 Å². The summed E-state index contributed by atoms with van der Waals surface area (Å²) in [5, 5.41) is 5.25. The van der Waals surface area contributed by atoms with Crippen molar-refractivity contribution in [3.8, 4) is 17.0 Å². The summed E-state index contributed by atoms with van der Waals surface area (Å²) in [7, 11) is 0. The van der Waals surface area contributed by atoms with E-state index in [1.807, 2.05) is 0 Å². The number of aromatic amines is 1. The van der Waals surface area contributed by atoms with Crippen molar-refractivity contribution in [2.45, 2.75) is 31.7 Å². The lowest BCUT2D eigenvalue weighted by atomic mass is 10.1. The lowest BCUT2D eigenvalue weighted by molar-refractivity contribution is -0.116. The van der Waals surface area contributed by atoms with E-state index in [0.717, 1.165) is 30.5 Å². The number of fused-ring (bicyclic) bond motifs is 4. The van der Waals surface area contributed by atoms with Crippen LogP contribution in [0.15, 0.2) is 29.7 Å². The first-order valence-electron chi connectivity index (χ1n) is 7.42. The van der Waals surface area contributed by atoms with Gasteiger partial charge in [0.1, 0.15) is 5.82 Å². The Kier molecular flexibility index (Phi) is 4.33. The number of anilines is 1. The number of carbonyl (C=O) groups is 1. The molecule has 1 aromatic heterocycles. The molecule has 8 heteroatoms. The zero-order valence-electron chi connectivity index (χ0n) is 12.4. The van der Waals surface area contributed by atoms with Crippen LogP contribution in [0.4, 0.5) is 5.69 Å². The predicted octanol–water partition coefficient (Wildman–Crippen LogP) is 2.65. The summed E-state index contributed by atoms with van der Waals surface area (Å²) < 4.78 is 0. The van der Waals surface area contributed by atoms with Gasteiger partial charge in [0, 0.05) is 18.1 Å². The molecule has 8 nitrogen and oxygen atoms in total. The summed E-state index contributed by atoms with van der Waals surface area (Å²) >= 11 is 0. The van der Waals surface area contributed by atoms with Crippen LogP contribution >= 0.6 is 0 Å². The van der Waals surface area contributed by atoms with Crippen molar-refractivity contribution in [2.75, 3.05) is 5.32 Å². The Labute approximate surface area is 132 Å². The van der Waals surface area contributed by atoms with E-state index in [1.54, 1.807) is 24.4 Å². The molecule has 1 unspecified atom stereocenters. The molecule has 2 aromatic rings. The highest BCUT2D eigenvalue weighted by atomic mass is 16.7. The smallest absolute Gasteiger partial charge is 0.224 e. The molecule has 2 heterocycles. The van der Waals surface area contributed by atoms with Crippen LogP contribution in [0.5, 0.6) is 5.75 Å². The highest BCUT2D eigenvalue weighted by Crippen LogP contribution is 2.32. The molecule has 3 rings (SSSR count). The Morgan fingerprint density at radius 2 is 2.22 bits per heavy atom. The SMILES string of the molecule is NC1CCCCC(=O)Nc2cc(ON=O)ccc2-c2cnc1[nH]2. The summed E-state index contributed by atoms with van der Waals surface area (Å²) in [5.41, 5.74) is 8.12. The van der Waals surface area contributed by atoms with Gasteiger partial charge >= 0.3 is 0 Å². The van der Waals surface area contributed by atoms with Gasteiger partial charge in [0.15, 0.2) is 11.1 Å². The molecule has 1 aliphatic heterocycles. The van der Waals surface area contributed by atoms with Crippen LogP contribution in [0.25, 0.3) is 11.3 Å². The van der Waals surface area contributed by atoms with Crippen LogP contribution in [0, 0.1) is 4.91 Å². The number of amides is 1. The van der Waals surface area contributed by atoms with Gasteiger partial charge in [-0.1, -0.05) is 6.42 Å². The van der Waals surface area contributed by atoms with Crippen LogP contribution < -0.4 is 15.9 Å². The Hall–Kier alpha value is -2.74. The average molecular weight is 315 g/mol. The summed E-state index contributed by atoms with van der Waals surface area (Å²) in [6, 6.07) is 4.70. The van der Waals surface area contributed by atoms with Crippen LogP contribution in [0.1, 0.15) is 37.5 Å². The lowest BCUT2D eigenvalue weighted by Gasteiger charge is -2.13. The molecule has 120 valence electrons. The summed E-state index contributed by atoms with van der Waals surface area (Å²) in [5.74, 6) is 0.867.